The molecule has 2 bridgehead atoms. The van der Waals surface area contributed by atoms with Gasteiger partial charge < -0.3 is 14.6 Å². The number of Topliss-reactive ketones (excluding diaryl/α,β-unsaturated/α-hetero) is 1. The lowest BCUT2D eigenvalue weighted by Crippen LogP contribution is -2.47. The summed E-state index contributed by atoms with van der Waals surface area (Å²) in [6, 6.07) is 14.4. The molecule has 0 spiro atoms. The van der Waals surface area contributed by atoms with Gasteiger partial charge in [-0.15, -0.1) is 0 Å². The van der Waals surface area contributed by atoms with Crippen LogP contribution in [-0.2, 0) is 14.9 Å². The maximum Gasteiger partial charge on any atom is 0.140 e. The number of hydrogen-bond acceptors (Lipinski definition) is 8. The maximum absolute atomic E-state index is 11.8. The number of benzene rings is 2. The van der Waals surface area contributed by atoms with Crippen molar-refractivity contribution in [3.05, 3.63) is 64.7 Å². The van der Waals surface area contributed by atoms with Crippen LogP contribution in [0.1, 0.15) is 56.1 Å². The van der Waals surface area contributed by atoms with Gasteiger partial charge in [-0.1, -0.05) is 61.5 Å². The van der Waals surface area contributed by atoms with E-state index in [0.29, 0.717) is 39.0 Å². The predicted molar refractivity (Wildman–Crippen MR) is 167 cm³/mol. The third-order valence-electron chi connectivity index (χ3n) is 9.57. The Morgan fingerprint density at radius 3 is 2.45 bits per heavy atom. The summed E-state index contributed by atoms with van der Waals surface area (Å²) in [6.07, 6.45) is 4.97. The molecule has 228 valence electrons. The van der Waals surface area contributed by atoms with Crippen LogP contribution in [0.2, 0.25) is 5.02 Å². The van der Waals surface area contributed by atoms with Crippen molar-refractivity contribution in [1.29, 1.82) is 0 Å². The third kappa shape index (κ3) is 6.53. The average molecular weight is 636 g/mol. The molecule has 2 atom stereocenters. The predicted octanol–water partition coefficient (Wildman–Crippen LogP) is 5.16. The molecule has 2 aromatic carbocycles. The Labute approximate surface area is 264 Å². The van der Waals surface area contributed by atoms with Crippen molar-refractivity contribution in [2.75, 3.05) is 51.5 Å². The molecule has 1 N–H and O–H groups in total. The van der Waals surface area contributed by atoms with E-state index < -0.39 is 34.3 Å². The van der Waals surface area contributed by atoms with Crippen LogP contribution < -0.4 is 0 Å². The van der Waals surface area contributed by atoms with Gasteiger partial charge in [0.15, 0.2) is 0 Å². The van der Waals surface area contributed by atoms with Gasteiger partial charge in [-0.05, 0) is 71.6 Å². The number of hydrogen-bond donors (Lipinski definition) is 1. The Balaban J connectivity index is 0.000000232. The van der Waals surface area contributed by atoms with Crippen LogP contribution in [-0.4, -0.2) is 85.2 Å². The lowest BCUT2D eigenvalue weighted by molar-refractivity contribution is -0.128. The van der Waals surface area contributed by atoms with E-state index in [0.717, 1.165) is 30.0 Å². The van der Waals surface area contributed by atoms with Gasteiger partial charge in [0, 0.05) is 68.6 Å². The fraction of sp³-hybridized carbons (Fsp3) is 0.531. The number of aliphatic hydroxyl groups is 1. The number of ketones is 1. The molecule has 0 aromatic heterocycles. The Kier molecular flexibility index (Phi) is 8.07. The number of piperazine rings is 1. The molecule has 2 aliphatic carbocycles. The Bertz CT molecular complexity index is 1620. The highest BCUT2D eigenvalue weighted by Gasteiger charge is 2.64. The molecule has 6 rings (SSSR count). The van der Waals surface area contributed by atoms with E-state index in [1.165, 1.54) is 25.8 Å². The maximum atomic E-state index is 11.8. The van der Waals surface area contributed by atoms with E-state index in [-0.39, 0.29) is 17.1 Å². The standard InChI is InChI=1S/C22H25ClN2OS.C10H16O4S/c23-17-7-8-22-20(16-17)18(19-4-1-2-6-21(19)27-22)5-3-9-24-10-12-25(13-11-24)14-15-26;1-9(2)7-3-4-10(9,8(11)5-7)6-15(12,13)14/h1-2,4-8,16,26H,3,9-15H2;7H,3-6H2,1-2H3,(H,12,13,14)/p-1/b18-5-;/i14D2,15D2;. The normalized spacial score (nSPS) is 28.2. The molecule has 42 heavy (non-hydrogen) atoms. The second-order valence-corrected chi connectivity index (χ2v) is 15.0. The Morgan fingerprint density at radius 2 is 1.81 bits per heavy atom. The molecule has 2 aliphatic heterocycles. The average Bonchev–Trinajstić information content (AvgIpc) is 3.30. The van der Waals surface area contributed by atoms with Crippen LogP contribution in [0.5, 0.6) is 0 Å². The van der Waals surface area contributed by atoms with Crippen LogP contribution in [0, 0.1) is 16.7 Å². The van der Waals surface area contributed by atoms with Crippen molar-refractivity contribution in [3.8, 4) is 0 Å². The molecule has 2 heterocycles. The molecule has 0 radical (unpaired) electrons. The van der Waals surface area contributed by atoms with E-state index in [2.05, 4.69) is 41.3 Å². The molecule has 3 fully saturated rings. The van der Waals surface area contributed by atoms with E-state index in [1.54, 1.807) is 11.8 Å². The zero-order valence-electron chi connectivity index (χ0n) is 27.9. The number of nitrogens with zero attached hydrogens (tertiary/aromatic N) is 2. The molecular weight excluding hydrogens is 592 g/mol. The fourth-order valence-corrected chi connectivity index (χ4v) is 9.56. The highest BCUT2D eigenvalue weighted by Crippen LogP contribution is 2.64. The number of fused-ring (bicyclic) bond motifs is 4. The summed E-state index contributed by atoms with van der Waals surface area (Å²) >= 11 is 8.04. The van der Waals surface area contributed by atoms with Crippen molar-refractivity contribution < 1.29 is 28.4 Å². The molecule has 10 heteroatoms. The van der Waals surface area contributed by atoms with Crippen molar-refractivity contribution in [2.24, 2.45) is 16.7 Å². The topological polar surface area (TPSA) is 101 Å². The van der Waals surface area contributed by atoms with E-state index in [4.69, 9.17) is 17.1 Å². The van der Waals surface area contributed by atoms with Crippen LogP contribution in [0.3, 0.4) is 0 Å². The molecule has 1 saturated heterocycles. The number of halogens is 1. The van der Waals surface area contributed by atoms with Crippen LogP contribution >= 0.6 is 23.4 Å². The molecule has 4 aliphatic rings. The fourth-order valence-electron chi connectivity index (χ4n) is 7.02. The molecular formula is C32H40ClN2O5S2-. The Morgan fingerprint density at radius 1 is 1.12 bits per heavy atom. The van der Waals surface area contributed by atoms with Crippen molar-refractivity contribution in [3.63, 3.8) is 0 Å². The van der Waals surface area contributed by atoms with Crippen molar-refractivity contribution in [2.45, 2.75) is 49.3 Å². The number of β-amino-alcohol motifs (C(OH)–C–C–N with tert-alkyl or cyclic N) is 1. The lowest BCUT2D eigenvalue weighted by Gasteiger charge is -2.37. The van der Waals surface area contributed by atoms with Crippen molar-refractivity contribution >= 4 is 44.8 Å². The van der Waals surface area contributed by atoms with Gasteiger partial charge in [0.2, 0.25) is 0 Å². The van der Waals surface area contributed by atoms with Gasteiger partial charge in [0.05, 0.1) is 25.2 Å². The van der Waals surface area contributed by atoms with E-state index >= 15 is 0 Å². The summed E-state index contributed by atoms with van der Waals surface area (Å²) in [4.78, 5) is 17.9. The quantitative estimate of drug-likeness (QED) is 0.355. The smallest absolute Gasteiger partial charge is 0.140 e. The van der Waals surface area contributed by atoms with Crippen LogP contribution in [0.25, 0.3) is 5.57 Å². The zero-order valence-corrected chi connectivity index (χ0v) is 26.3. The van der Waals surface area contributed by atoms with Crippen molar-refractivity contribution in [1.82, 2.24) is 9.80 Å². The van der Waals surface area contributed by atoms with E-state index in [9.17, 15) is 22.9 Å². The first kappa shape index (κ1) is 26.7. The van der Waals surface area contributed by atoms with Gasteiger partial charge in [0.25, 0.3) is 0 Å². The minimum atomic E-state index is -4.33. The molecule has 0 amide bonds. The minimum Gasteiger partial charge on any atom is -0.748 e. The first-order valence-corrected chi connectivity index (χ1v) is 17.1. The molecule has 2 saturated carbocycles. The minimum absolute atomic E-state index is 0.0248. The zero-order chi connectivity index (χ0) is 33.7. The van der Waals surface area contributed by atoms with Gasteiger partial charge in [0.1, 0.15) is 5.78 Å². The number of carbonyl (C=O) groups excluding carboxylic acids is 1. The summed E-state index contributed by atoms with van der Waals surface area (Å²) in [5.41, 5.74) is 2.33. The molecule has 2 unspecified atom stereocenters. The largest absolute Gasteiger partial charge is 0.748 e. The summed E-state index contributed by atoms with van der Waals surface area (Å²) in [6.45, 7) is 1.40. The van der Waals surface area contributed by atoms with Gasteiger partial charge in [-0.25, -0.2) is 8.42 Å². The van der Waals surface area contributed by atoms with Gasteiger partial charge >= 0.3 is 0 Å². The first-order chi connectivity index (χ1) is 21.4. The summed E-state index contributed by atoms with van der Waals surface area (Å²) < 4.78 is 63.2. The van der Waals surface area contributed by atoms with Crippen LogP contribution in [0.4, 0.5) is 0 Å². The van der Waals surface area contributed by atoms with Crippen LogP contribution in [0.15, 0.2) is 58.3 Å². The van der Waals surface area contributed by atoms with E-state index in [1.807, 2.05) is 26.0 Å². The summed E-state index contributed by atoms with van der Waals surface area (Å²) in [5, 5.41) is 10.2. The second kappa shape index (κ2) is 12.7. The number of carbonyl (C=O) groups is 1. The molecule has 7 nitrogen and oxygen atoms in total. The third-order valence-corrected chi connectivity index (χ3v) is 11.8. The summed E-state index contributed by atoms with van der Waals surface area (Å²) in [7, 11) is -4.33. The first-order valence-electron chi connectivity index (χ1n) is 16.3. The highest BCUT2D eigenvalue weighted by atomic mass is 35.5. The lowest BCUT2D eigenvalue weighted by atomic mass is 9.70. The highest BCUT2D eigenvalue weighted by molar-refractivity contribution is 7.99. The number of rotatable bonds is 7. The second-order valence-electron chi connectivity index (χ2n) is 12.1. The summed E-state index contributed by atoms with van der Waals surface area (Å²) in [5.74, 6) is -0.280. The molecule has 2 aromatic rings. The Hall–Kier alpha value is -1.72. The van der Waals surface area contributed by atoms with Gasteiger partial charge in [-0.2, -0.15) is 0 Å². The van der Waals surface area contributed by atoms with Gasteiger partial charge in [-0.3, -0.25) is 9.69 Å². The SMILES string of the molecule is CC1(C)C2CCC1(CS(=O)(=O)[O-])C(=O)C2.[2H]C([2H])(O)C([2H])([2H])N1CCN(CC/C=C2/c3ccccc3Sc3ccc(Cl)cc32)CC1. The monoisotopic (exact) mass is 635 g/mol.